The maximum absolute atomic E-state index is 12.8. The molecule has 0 amide bonds. The second-order valence-electron chi connectivity index (χ2n) is 3.33. The zero-order valence-electron chi connectivity index (χ0n) is 8.09. The first-order chi connectivity index (χ1) is 6.92. The first kappa shape index (κ1) is 11.8. The molecule has 1 aromatic carbocycles. The minimum atomic E-state index is -4.48. The van der Waals surface area contributed by atoms with Gasteiger partial charge in [-0.25, -0.2) is 0 Å². The molecule has 1 aromatic rings. The zero-order valence-corrected chi connectivity index (χ0v) is 8.09. The maximum Gasteiger partial charge on any atom is 0.410 e. The highest BCUT2D eigenvalue weighted by molar-refractivity contribution is 5.26. The predicted molar refractivity (Wildman–Crippen MR) is 53.2 cm³/mol. The van der Waals surface area contributed by atoms with Crippen molar-refractivity contribution in [2.45, 2.75) is 18.1 Å². The van der Waals surface area contributed by atoms with Crippen LogP contribution in [0.25, 0.3) is 0 Å². The van der Waals surface area contributed by atoms with Crippen molar-refractivity contribution in [3.05, 3.63) is 48.6 Å². The molecule has 0 aliphatic heterocycles. The van der Waals surface area contributed by atoms with E-state index < -0.39 is 11.7 Å². The third kappa shape index (κ3) is 2.21. The highest BCUT2D eigenvalue weighted by Crippen LogP contribution is 2.39. The first-order valence-corrected chi connectivity index (χ1v) is 4.44. The van der Waals surface area contributed by atoms with Crippen molar-refractivity contribution >= 4 is 0 Å². The van der Waals surface area contributed by atoms with Gasteiger partial charge in [-0.3, -0.25) is 0 Å². The third-order valence-corrected chi connectivity index (χ3v) is 2.26. The normalized spacial score (nSPS) is 15.7. The summed E-state index contributed by atoms with van der Waals surface area (Å²) in [7, 11) is 0. The standard InChI is InChI=1S/C11H12F3N/c1-2-8-10(15,11(12,13)14)9-6-4-3-5-7-9/h2-7H,1,8,15H2. The molecule has 2 N–H and O–H groups in total. The molecule has 0 heterocycles. The molecule has 0 aromatic heterocycles. The van der Waals surface area contributed by atoms with Crippen LogP contribution in [0.5, 0.6) is 0 Å². The maximum atomic E-state index is 12.8. The molecule has 0 aliphatic rings. The van der Waals surface area contributed by atoms with Gasteiger partial charge in [-0.05, 0) is 12.0 Å². The van der Waals surface area contributed by atoms with E-state index in [0.29, 0.717) is 0 Å². The van der Waals surface area contributed by atoms with Crippen molar-refractivity contribution in [3.8, 4) is 0 Å². The summed E-state index contributed by atoms with van der Waals surface area (Å²) in [6.07, 6.45) is -3.64. The first-order valence-electron chi connectivity index (χ1n) is 4.44. The van der Waals surface area contributed by atoms with E-state index in [9.17, 15) is 13.2 Å². The van der Waals surface area contributed by atoms with Gasteiger partial charge in [0.2, 0.25) is 0 Å². The molecule has 0 saturated carbocycles. The van der Waals surface area contributed by atoms with Crippen LogP contribution in [0.3, 0.4) is 0 Å². The lowest BCUT2D eigenvalue weighted by atomic mass is 9.87. The Bertz CT molecular complexity index is 331. The molecule has 0 spiro atoms. The van der Waals surface area contributed by atoms with E-state index in [0.717, 1.165) is 0 Å². The summed E-state index contributed by atoms with van der Waals surface area (Å²) >= 11 is 0. The van der Waals surface area contributed by atoms with Crippen molar-refractivity contribution < 1.29 is 13.2 Å². The lowest BCUT2D eigenvalue weighted by Crippen LogP contribution is -2.50. The predicted octanol–water partition coefficient (Wildman–Crippen LogP) is 2.98. The summed E-state index contributed by atoms with van der Waals surface area (Å²) in [6, 6.07) is 7.46. The van der Waals surface area contributed by atoms with Crippen LogP contribution >= 0.6 is 0 Å². The van der Waals surface area contributed by atoms with E-state index in [1.54, 1.807) is 6.07 Å². The molecule has 0 bridgehead atoms. The average Bonchev–Trinajstić information content (AvgIpc) is 2.18. The lowest BCUT2D eigenvalue weighted by Gasteiger charge is -2.31. The summed E-state index contributed by atoms with van der Waals surface area (Å²) < 4.78 is 38.4. The summed E-state index contributed by atoms with van der Waals surface area (Å²) in [5.74, 6) is 0. The van der Waals surface area contributed by atoms with Crippen LogP contribution in [0.15, 0.2) is 43.0 Å². The van der Waals surface area contributed by atoms with Gasteiger partial charge in [0, 0.05) is 0 Å². The van der Waals surface area contributed by atoms with Crippen LogP contribution in [-0.4, -0.2) is 6.18 Å². The SMILES string of the molecule is C=CCC(N)(c1ccccc1)C(F)(F)F. The largest absolute Gasteiger partial charge is 0.410 e. The smallest absolute Gasteiger partial charge is 0.314 e. The molecule has 0 fully saturated rings. The monoisotopic (exact) mass is 215 g/mol. The van der Waals surface area contributed by atoms with Gasteiger partial charge >= 0.3 is 6.18 Å². The molecule has 4 heteroatoms. The fourth-order valence-electron chi connectivity index (χ4n) is 1.36. The van der Waals surface area contributed by atoms with Crippen molar-refractivity contribution in [1.29, 1.82) is 0 Å². The van der Waals surface area contributed by atoms with Crippen molar-refractivity contribution in [3.63, 3.8) is 0 Å². The van der Waals surface area contributed by atoms with E-state index in [4.69, 9.17) is 5.73 Å². The molecule has 0 aliphatic carbocycles. The Balaban J connectivity index is 3.18. The van der Waals surface area contributed by atoms with E-state index in [2.05, 4.69) is 6.58 Å². The molecule has 1 unspecified atom stereocenters. The zero-order chi connectivity index (χ0) is 11.5. The van der Waals surface area contributed by atoms with Gasteiger partial charge in [0.15, 0.2) is 0 Å². The minimum absolute atomic E-state index is 0.0531. The van der Waals surface area contributed by atoms with Crippen molar-refractivity contribution in [2.24, 2.45) is 5.73 Å². The van der Waals surface area contributed by atoms with Gasteiger partial charge in [-0.2, -0.15) is 13.2 Å². The van der Waals surface area contributed by atoms with Crippen molar-refractivity contribution in [1.82, 2.24) is 0 Å². The number of nitrogens with two attached hydrogens (primary N) is 1. The summed E-state index contributed by atoms with van der Waals surface area (Å²) in [5.41, 5.74) is 3.13. The molecule has 0 saturated heterocycles. The second-order valence-corrected chi connectivity index (χ2v) is 3.33. The highest BCUT2D eigenvalue weighted by atomic mass is 19.4. The van der Waals surface area contributed by atoms with Crippen LogP contribution in [0, 0.1) is 0 Å². The van der Waals surface area contributed by atoms with Crippen LogP contribution in [0.2, 0.25) is 0 Å². The minimum Gasteiger partial charge on any atom is -0.314 e. The van der Waals surface area contributed by atoms with Crippen molar-refractivity contribution in [2.75, 3.05) is 0 Å². The summed E-state index contributed by atoms with van der Waals surface area (Å²) in [5, 5.41) is 0. The number of hydrogen-bond acceptors (Lipinski definition) is 1. The topological polar surface area (TPSA) is 26.0 Å². The van der Waals surface area contributed by atoms with E-state index in [1.165, 1.54) is 30.3 Å². The molecular formula is C11H12F3N. The number of benzene rings is 1. The average molecular weight is 215 g/mol. The van der Waals surface area contributed by atoms with E-state index in [-0.39, 0.29) is 12.0 Å². The Labute approximate surface area is 86.4 Å². The number of hydrogen-bond donors (Lipinski definition) is 1. The van der Waals surface area contributed by atoms with Gasteiger partial charge < -0.3 is 5.73 Å². The Kier molecular flexibility index (Phi) is 3.19. The lowest BCUT2D eigenvalue weighted by molar-refractivity contribution is -0.188. The molecular weight excluding hydrogens is 203 g/mol. The molecule has 82 valence electrons. The molecule has 0 radical (unpaired) electrons. The molecule has 1 atom stereocenters. The highest BCUT2D eigenvalue weighted by Gasteiger charge is 2.52. The fourth-order valence-corrected chi connectivity index (χ4v) is 1.36. The van der Waals surface area contributed by atoms with Gasteiger partial charge in [-0.1, -0.05) is 36.4 Å². The third-order valence-electron chi connectivity index (χ3n) is 2.26. The molecule has 1 nitrogen and oxygen atoms in total. The number of alkyl halides is 3. The second kappa shape index (κ2) is 4.06. The molecule has 15 heavy (non-hydrogen) atoms. The van der Waals surface area contributed by atoms with E-state index in [1.807, 2.05) is 0 Å². The Morgan fingerprint density at radius 1 is 1.20 bits per heavy atom. The molecule has 1 rings (SSSR count). The van der Waals surface area contributed by atoms with Crippen LogP contribution in [0.1, 0.15) is 12.0 Å². The Morgan fingerprint density at radius 2 is 1.73 bits per heavy atom. The van der Waals surface area contributed by atoms with Crippen LogP contribution in [0.4, 0.5) is 13.2 Å². The Hall–Kier alpha value is -1.29. The van der Waals surface area contributed by atoms with Gasteiger partial charge in [0.1, 0.15) is 5.54 Å². The number of rotatable bonds is 3. The van der Waals surface area contributed by atoms with Gasteiger partial charge in [0.05, 0.1) is 0 Å². The van der Waals surface area contributed by atoms with Crippen LogP contribution < -0.4 is 5.73 Å². The van der Waals surface area contributed by atoms with Gasteiger partial charge in [0.25, 0.3) is 0 Å². The summed E-state index contributed by atoms with van der Waals surface area (Å²) in [4.78, 5) is 0. The quantitative estimate of drug-likeness (QED) is 0.771. The van der Waals surface area contributed by atoms with Crippen LogP contribution in [-0.2, 0) is 5.54 Å². The fraction of sp³-hybridized carbons (Fsp3) is 0.273. The Morgan fingerprint density at radius 3 is 2.13 bits per heavy atom. The van der Waals surface area contributed by atoms with E-state index >= 15 is 0 Å². The number of halogens is 3. The summed E-state index contributed by atoms with van der Waals surface area (Å²) in [6.45, 7) is 3.30. The van der Waals surface area contributed by atoms with Gasteiger partial charge in [-0.15, -0.1) is 6.58 Å².